The summed E-state index contributed by atoms with van der Waals surface area (Å²) in [5.41, 5.74) is 2.07. The standard InChI is InChI=1S/C21H27N3O3/c1-4-13-27-19-11-9-18(10-12-19)24-20(25)14-22-17-7-5-16(6-8-17)21(26)23-15(2)3/h5-12,15,22H,4,13-14H2,1-3H3,(H,23,26)(H,24,25). The van der Waals surface area contributed by atoms with Gasteiger partial charge in [-0.15, -0.1) is 0 Å². The minimum atomic E-state index is -0.154. The molecule has 27 heavy (non-hydrogen) atoms. The van der Waals surface area contributed by atoms with E-state index in [1.54, 1.807) is 24.3 Å². The van der Waals surface area contributed by atoms with Crippen LogP contribution in [0.25, 0.3) is 0 Å². The summed E-state index contributed by atoms with van der Waals surface area (Å²) in [6.45, 7) is 6.69. The molecule has 0 heterocycles. The number of carbonyl (C=O) groups is 2. The van der Waals surface area contributed by atoms with Gasteiger partial charge >= 0.3 is 0 Å². The van der Waals surface area contributed by atoms with Crippen LogP contribution in [0.5, 0.6) is 5.75 Å². The van der Waals surface area contributed by atoms with Crippen LogP contribution in [0.4, 0.5) is 11.4 Å². The fraction of sp³-hybridized carbons (Fsp3) is 0.333. The molecular formula is C21H27N3O3. The maximum atomic E-state index is 12.1. The lowest BCUT2D eigenvalue weighted by molar-refractivity contribution is -0.114. The molecule has 0 unspecified atom stereocenters. The van der Waals surface area contributed by atoms with Gasteiger partial charge in [-0.2, -0.15) is 0 Å². The van der Waals surface area contributed by atoms with Crippen molar-refractivity contribution in [1.82, 2.24) is 5.32 Å². The van der Waals surface area contributed by atoms with Crippen LogP contribution in [-0.2, 0) is 4.79 Å². The Labute approximate surface area is 160 Å². The maximum absolute atomic E-state index is 12.1. The van der Waals surface area contributed by atoms with Crippen molar-refractivity contribution in [2.24, 2.45) is 0 Å². The Kier molecular flexibility index (Phi) is 7.67. The van der Waals surface area contributed by atoms with E-state index in [4.69, 9.17) is 4.74 Å². The van der Waals surface area contributed by atoms with Crippen LogP contribution in [0.3, 0.4) is 0 Å². The molecular weight excluding hydrogens is 342 g/mol. The van der Waals surface area contributed by atoms with Crippen LogP contribution in [-0.4, -0.2) is 31.0 Å². The highest BCUT2D eigenvalue weighted by Gasteiger charge is 2.07. The number of anilines is 2. The lowest BCUT2D eigenvalue weighted by atomic mass is 10.2. The van der Waals surface area contributed by atoms with Gasteiger partial charge in [0.25, 0.3) is 5.91 Å². The van der Waals surface area contributed by atoms with Gasteiger partial charge in [0.2, 0.25) is 5.91 Å². The van der Waals surface area contributed by atoms with Crippen LogP contribution < -0.4 is 20.7 Å². The number of amides is 2. The average Bonchev–Trinajstić information content (AvgIpc) is 2.65. The van der Waals surface area contributed by atoms with Crippen LogP contribution in [0, 0.1) is 0 Å². The fourth-order valence-electron chi connectivity index (χ4n) is 2.33. The molecule has 0 aromatic heterocycles. The molecule has 2 rings (SSSR count). The second-order valence-electron chi connectivity index (χ2n) is 6.48. The van der Waals surface area contributed by atoms with Crippen molar-refractivity contribution < 1.29 is 14.3 Å². The zero-order valence-corrected chi connectivity index (χ0v) is 16.0. The summed E-state index contributed by atoms with van der Waals surface area (Å²) in [5.74, 6) is 0.522. The van der Waals surface area contributed by atoms with Gasteiger partial charge in [-0.25, -0.2) is 0 Å². The zero-order valence-electron chi connectivity index (χ0n) is 16.0. The molecule has 0 saturated heterocycles. The van der Waals surface area contributed by atoms with E-state index < -0.39 is 0 Å². The minimum absolute atomic E-state index is 0.0891. The zero-order chi connectivity index (χ0) is 19.6. The van der Waals surface area contributed by atoms with Crippen LogP contribution in [0.15, 0.2) is 48.5 Å². The van der Waals surface area contributed by atoms with Gasteiger partial charge in [-0.1, -0.05) is 6.92 Å². The summed E-state index contributed by atoms with van der Waals surface area (Å²) in [5, 5.41) is 8.71. The van der Waals surface area contributed by atoms with E-state index in [1.165, 1.54) is 0 Å². The first-order valence-electron chi connectivity index (χ1n) is 9.15. The molecule has 0 radical (unpaired) electrons. The lowest BCUT2D eigenvalue weighted by Crippen LogP contribution is -2.30. The van der Waals surface area contributed by atoms with Crippen molar-refractivity contribution in [3.8, 4) is 5.75 Å². The minimum Gasteiger partial charge on any atom is -0.494 e. The number of ether oxygens (including phenoxy) is 1. The van der Waals surface area contributed by atoms with Gasteiger partial charge < -0.3 is 20.7 Å². The predicted molar refractivity (Wildman–Crippen MR) is 108 cm³/mol. The Morgan fingerprint density at radius 1 is 0.963 bits per heavy atom. The highest BCUT2D eigenvalue weighted by molar-refractivity contribution is 5.95. The van der Waals surface area contributed by atoms with Gasteiger partial charge in [0.1, 0.15) is 5.75 Å². The van der Waals surface area contributed by atoms with Crippen LogP contribution in [0.1, 0.15) is 37.6 Å². The average molecular weight is 369 g/mol. The Balaban J connectivity index is 1.80. The molecule has 0 bridgehead atoms. The van der Waals surface area contributed by atoms with Gasteiger partial charge in [0, 0.05) is 23.0 Å². The molecule has 6 nitrogen and oxygen atoms in total. The van der Waals surface area contributed by atoms with Crippen molar-refractivity contribution in [3.05, 3.63) is 54.1 Å². The first-order valence-corrected chi connectivity index (χ1v) is 9.15. The van der Waals surface area contributed by atoms with Crippen molar-refractivity contribution in [1.29, 1.82) is 0 Å². The summed E-state index contributed by atoms with van der Waals surface area (Å²) in [7, 11) is 0. The smallest absolute Gasteiger partial charge is 0.251 e. The largest absolute Gasteiger partial charge is 0.494 e. The van der Waals surface area contributed by atoms with Gasteiger partial charge in [-0.3, -0.25) is 9.59 Å². The van der Waals surface area contributed by atoms with Crippen molar-refractivity contribution in [2.45, 2.75) is 33.2 Å². The Hall–Kier alpha value is -3.02. The van der Waals surface area contributed by atoms with Gasteiger partial charge in [0.15, 0.2) is 0 Å². The molecule has 2 aromatic carbocycles. The van der Waals surface area contributed by atoms with Crippen LogP contribution >= 0.6 is 0 Å². The Bertz CT molecular complexity index is 740. The van der Waals surface area contributed by atoms with Gasteiger partial charge in [0.05, 0.1) is 13.2 Å². The number of benzene rings is 2. The van der Waals surface area contributed by atoms with Crippen LogP contribution in [0.2, 0.25) is 0 Å². The van der Waals surface area contributed by atoms with Crippen molar-refractivity contribution in [3.63, 3.8) is 0 Å². The Morgan fingerprint density at radius 2 is 1.59 bits per heavy atom. The van der Waals surface area contributed by atoms with Crippen molar-refractivity contribution in [2.75, 3.05) is 23.8 Å². The number of hydrogen-bond donors (Lipinski definition) is 3. The normalized spacial score (nSPS) is 10.4. The van der Waals surface area contributed by atoms with E-state index in [9.17, 15) is 9.59 Å². The molecule has 6 heteroatoms. The highest BCUT2D eigenvalue weighted by atomic mass is 16.5. The molecule has 0 aliphatic carbocycles. The third kappa shape index (κ3) is 7.01. The molecule has 0 fully saturated rings. The summed E-state index contributed by atoms with van der Waals surface area (Å²) in [4.78, 5) is 24.0. The molecule has 2 aromatic rings. The molecule has 3 N–H and O–H groups in total. The number of rotatable bonds is 9. The molecule has 0 spiro atoms. The van der Waals surface area contributed by atoms with E-state index in [0.717, 1.165) is 17.9 Å². The first kappa shape index (κ1) is 20.3. The summed E-state index contributed by atoms with van der Waals surface area (Å²) in [6.07, 6.45) is 0.952. The number of nitrogens with one attached hydrogen (secondary N) is 3. The predicted octanol–water partition coefficient (Wildman–Crippen LogP) is 3.66. The SMILES string of the molecule is CCCOc1ccc(NC(=O)CNc2ccc(C(=O)NC(C)C)cc2)cc1. The van der Waals surface area contributed by atoms with E-state index in [2.05, 4.69) is 22.9 Å². The first-order chi connectivity index (χ1) is 13.0. The van der Waals surface area contributed by atoms with E-state index in [0.29, 0.717) is 17.9 Å². The molecule has 0 aliphatic rings. The molecule has 0 atom stereocenters. The monoisotopic (exact) mass is 369 g/mol. The summed E-state index contributed by atoms with van der Waals surface area (Å²) < 4.78 is 5.51. The number of carbonyl (C=O) groups excluding carboxylic acids is 2. The molecule has 0 aliphatic heterocycles. The van der Waals surface area contributed by atoms with Gasteiger partial charge in [-0.05, 0) is 68.8 Å². The second kappa shape index (κ2) is 10.2. The fourth-order valence-corrected chi connectivity index (χ4v) is 2.33. The molecule has 144 valence electrons. The topological polar surface area (TPSA) is 79.5 Å². The van der Waals surface area contributed by atoms with E-state index in [1.807, 2.05) is 38.1 Å². The quantitative estimate of drug-likeness (QED) is 0.630. The third-order valence-corrected chi connectivity index (χ3v) is 3.63. The molecule has 0 saturated carbocycles. The summed E-state index contributed by atoms with van der Waals surface area (Å²) in [6, 6.07) is 14.4. The highest BCUT2D eigenvalue weighted by Crippen LogP contribution is 2.16. The second-order valence-corrected chi connectivity index (χ2v) is 6.48. The third-order valence-electron chi connectivity index (χ3n) is 3.63. The van der Waals surface area contributed by atoms with E-state index in [-0.39, 0.29) is 24.4 Å². The summed E-state index contributed by atoms with van der Waals surface area (Å²) >= 11 is 0. The molecule has 2 amide bonds. The van der Waals surface area contributed by atoms with E-state index >= 15 is 0 Å². The number of hydrogen-bond acceptors (Lipinski definition) is 4. The lowest BCUT2D eigenvalue weighted by Gasteiger charge is -2.10. The maximum Gasteiger partial charge on any atom is 0.251 e. The Morgan fingerprint density at radius 3 is 2.19 bits per heavy atom. The van der Waals surface area contributed by atoms with Crippen molar-refractivity contribution >= 4 is 23.2 Å².